The monoisotopic (exact) mass is 188 g/mol. The van der Waals surface area contributed by atoms with Crippen LogP contribution in [0.4, 0.5) is 0 Å². The molecule has 0 spiro atoms. The standard InChI is InChI=1S/C8H16N2O3/c1-6(11)5-10-4-2-3-7(9)8(12)13/h7,10H,2-5,9H2,1H3,(H,12,13). The Morgan fingerprint density at radius 2 is 2.15 bits per heavy atom. The van der Waals surface area contributed by atoms with E-state index in [0.717, 1.165) is 0 Å². The first-order chi connectivity index (χ1) is 6.04. The first kappa shape index (κ1) is 12.1. The van der Waals surface area contributed by atoms with Gasteiger partial charge in [-0.2, -0.15) is 0 Å². The summed E-state index contributed by atoms with van der Waals surface area (Å²) in [6.45, 7) is 2.46. The van der Waals surface area contributed by atoms with E-state index in [1.165, 1.54) is 6.92 Å². The number of hydrogen-bond donors (Lipinski definition) is 3. The molecule has 0 aliphatic heterocycles. The van der Waals surface area contributed by atoms with Crippen LogP contribution in [0.1, 0.15) is 19.8 Å². The number of Topliss-reactive ketones (excluding diaryl/α,β-unsaturated/α-hetero) is 1. The first-order valence-corrected chi connectivity index (χ1v) is 4.22. The fourth-order valence-electron chi connectivity index (χ4n) is 0.835. The molecule has 5 nitrogen and oxygen atoms in total. The number of carbonyl (C=O) groups excluding carboxylic acids is 1. The van der Waals surface area contributed by atoms with Crippen molar-refractivity contribution in [1.82, 2.24) is 5.32 Å². The predicted octanol–water partition coefficient (Wildman–Crippen LogP) is -0.643. The van der Waals surface area contributed by atoms with Crippen molar-refractivity contribution in [2.24, 2.45) is 5.73 Å². The summed E-state index contributed by atoms with van der Waals surface area (Å²) < 4.78 is 0. The summed E-state index contributed by atoms with van der Waals surface area (Å²) in [5.74, 6) is -0.908. The third-order valence-corrected chi connectivity index (χ3v) is 1.56. The number of carboxylic acids is 1. The fourth-order valence-corrected chi connectivity index (χ4v) is 0.835. The van der Waals surface area contributed by atoms with E-state index in [-0.39, 0.29) is 5.78 Å². The lowest BCUT2D eigenvalue weighted by molar-refractivity contribution is -0.138. The Labute approximate surface area is 77.3 Å². The Morgan fingerprint density at radius 3 is 2.62 bits per heavy atom. The summed E-state index contributed by atoms with van der Waals surface area (Å²) >= 11 is 0. The Bertz CT molecular complexity index is 182. The molecule has 0 saturated carbocycles. The largest absolute Gasteiger partial charge is 0.480 e. The van der Waals surface area contributed by atoms with Crippen molar-refractivity contribution in [3.8, 4) is 0 Å². The minimum atomic E-state index is -0.980. The van der Waals surface area contributed by atoms with Gasteiger partial charge in [-0.3, -0.25) is 9.59 Å². The zero-order valence-corrected chi connectivity index (χ0v) is 7.75. The zero-order valence-electron chi connectivity index (χ0n) is 7.75. The molecule has 0 rings (SSSR count). The number of nitrogens with one attached hydrogen (secondary N) is 1. The van der Waals surface area contributed by atoms with E-state index < -0.39 is 12.0 Å². The normalized spacial score (nSPS) is 12.5. The highest BCUT2D eigenvalue weighted by Crippen LogP contribution is 1.92. The van der Waals surface area contributed by atoms with Crippen molar-refractivity contribution in [1.29, 1.82) is 0 Å². The highest BCUT2D eigenvalue weighted by Gasteiger charge is 2.09. The van der Waals surface area contributed by atoms with Gasteiger partial charge in [0.25, 0.3) is 0 Å². The lowest BCUT2D eigenvalue weighted by Crippen LogP contribution is -2.31. The molecule has 0 saturated heterocycles. The van der Waals surface area contributed by atoms with Crippen molar-refractivity contribution < 1.29 is 14.7 Å². The van der Waals surface area contributed by atoms with E-state index in [1.807, 2.05) is 0 Å². The second-order valence-corrected chi connectivity index (χ2v) is 2.97. The average Bonchev–Trinajstić information content (AvgIpc) is 2.02. The van der Waals surface area contributed by atoms with Gasteiger partial charge in [-0.05, 0) is 26.3 Å². The van der Waals surface area contributed by atoms with Gasteiger partial charge < -0.3 is 16.2 Å². The quantitative estimate of drug-likeness (QED) is 0.462. The second kappa shape index (κ2) is 6.56. The highest BCUT2D eigenvalue weighted by atomic mass is 16.4. The number of rotatable bonds is 7. The molecule has 0 aliphatic rings. The van der Waals surface area contributed by atoms with E-state index in [9.17, 15) is 9.59 Å². The predicted molar refractivity (Wildman–Crippen MR) is 48.4 cm³/mol. The van der Waals surface area contributed by atoms with Crippen molar-refractivity contribution in [2.75, 3.05) is 13.1 Å². The van der Waals surface area contributed by atoms with Gasteiger partial charge in [0.05, 0.1) is 6.54 Å². The second-order valence-electron chi connectivity index (χ2n) is 2.97. The van der Waals surface area contributed by atoms with E-state index in [2.05, 4.69) is 5.32 Å². The summed E-state index contributed by atoms with van der Waals surface area (Å²) in [6, 6.07) is -0.792. The smallest absolute Gasteiger partial charge is 0.320 e. The average molecular weight is 188 g/mol. The van der Waals surface area contributed by atoms with E-state index in [1.54, 1.807) is 0 Å². The number of hydrogen-bond acceptors (Lipinski definition) is 4. The van der Waals surface area contributed by atoms with Gasteiger partial charge in [0.1, 0.15) is 11.8 Å². The molecule has 76 valence electrons. The van der Waals surface area contributed by atoms with Crippen LogP contribution in [0.25, 0.3) is 0 Å². The number of nitrogens with two attached hydrogens (primary N) is 1. The molecule has 13 heavy (non-hydrogen) atoms. The van der Waals surface area contributed by atoms with Gasteiger partial charge >= 0.3 is 5.97 Å². The van der Waals surface area contributed by atoms with Crippen LogP contribution in [0.5, 0.6) is 0 Å². The molecule has 0 bridgehead atoms. The first-order valence-electron chi connectivity index (χ1n) is 4.22. The molecule has 0 aliphatic carbocycles. The van der Waals surface area contributed by atoms with Crippen LogP contribution in [-0.2, 0) is 9.59 Å². The molecule has 0 heterocycles. The molecule has 0 fully saturated rings. The molecule has 0 aromatic carbocycles. The van der Waals surface area contributed by atoms with Crippen LogP contribution in [0.2, 0.25) is 0 Å². The van der Waals surface area contributed by atoms with Gasteiger partial charge in [-0.15, -0.1) is 0 Å². The minimum Gasteiger partial charge on any atom is -0.480 e. The third-order valence-electron chi connectivity index (χ3n) is 1.56. The number of aliphatic carboxylic acids is 1. The van der Waals surface area contributed by atoms with Gasteiger partial charge in [-0.1, -0.05) is 0 Å². The summed E-state index contributed by atoms with van der Waals surface area (Å²) in [5.41, 5.74) is 5.26. The summed E-state index contributed by atoms with van der Waals surface area (Å²) in [6.07, 6.45) is 1.10. The molecule has 1 unspecified atom stereocenters. The Hall–Kier alpha value is -0.940. The van der Waals surface area contributed by atoms with E-state index in [4.69, 9.17) is 10.8 Å². The Balaban J connectivity index is 3.26. The summed E-state index contributed by atoms with van der Waals surface area (Å²) in [7, 11) is 0. The maximum absolute atomic E-state index is 10.5. The molecule has 0 aromatic heterocycles. The lowest BCUT2D eigenvalue weighted by atomic mass is 10.2. The van der Waals surface area contributed by atoms with Crippen molar-refractivity contribution in [3.63, 3.8) is 0 Å². The van der Waals surface area contributed by atoms with Crippen LogP contribution in [0.3, 0.4) is 0 Å². The highest BCUT2D eigenvalue weighted by molar-refractivity contribution is 5.77. The van der Waals surface area contributed by atoms with Crippen LogP contribution in [-0.4, -0.2) is 36.0 Å². The maximum atomic E-state index is 10.5. The SMILES string of the molecule is CC(=O)CNCCCC(N)C(=O)O. The molecule has 1 atom stereocenters. The molecule has 0 amide bonds. The van der Waals surface area contributed by atoms with Gasteiger partial charge in [-0.25, -0.2) is 0 Å². The Kier molecular flexibility index (Phi) is 6.09. The van der Waals surface area contributed by atoms with Crippen molar-refractivity contribution in [2.45, 2.75) is 25.8 Å². The molecular formula is C8H16N2O3. The van der Waals surface area contributed by atoms with Gasteiger partial charge in [0.15, 0.2) is 0 Å². The van der Waals surface area contributed by atoms with Crippen molar-refractivity contribution >= 4 is 11.8 Å². The van der Waals surface area contributed by atoms with E-state index >= 15 is 0 Å². The van der Waals surface area contributed by atoms with Gasteiger partial charge in [0, 0.05) is 0 Å². The minimum absolute atomic E-state index is 0.0718. The van der Waals surface area contributed by atoms with E-state index in [0.29, 0.717) is 25.9 Å². The van der Waals surface area contributed by atoms with Crippen molar-refractivity contribution in [3.05, 3.63) is 0 Å². The fraction of sp³-hybridized carbons (Fsp3) is 0.750. The molecule has 0 radical (unpaired) electrons. The van der Waals surface area contributed by atoms with Crippen LogP contribution in [0.15, 0.2) is 0 Å². The topological polar surface area (TPSA) is 92.4 Å². The number of carboxylic acid groups (broad SMARTS) is 1. The lowest BCUT2D eigenvalue weighted by Gasteiger charge is -2.05. The molecule has 5 heteroatoms. The van der Waals surface area contributed by atoms with Crippen LogP contribution >= 0.6 is 0 Å². The van der Waals surface area contributed by atoms with Crippen LogP contribution < -0.4 is 11.1 Å². The molecule has 4 N–H and O–H groups in total. The summed E-state index contributed by atoms with van der Waals surface area (Å²) in [5, 5.41) is 11.3. The maximum Gasteiger partial charge on any atom is 0.320 e. The molecule has 0 aromatic rings. The number of ketones is 1. The zero-order chi connectivity index (χ0) is 10.3. The summed E-state index contributed by atoms with van der Waals surface area (Å²) in [4.78, 5) is 20.7. The third kappa shape index (κ3) is 7.42. The Morgan fingerprint density at radius 1 is 1.54 bits per heavy atom. The molecular weight excluding hydrogens is 172 g/mol. The van der Waals surface area contributed by atoms with Crippen LogP contribution in [0, 0.1) is 0 Å². The number of carbonyl (C=O) groups is 2. The van der Waals surface area contributed by atoms with Gasteiger partial charge in [0.2, 0.25) is 0 Å².